The van der Waals surface area contributed by atoms with Gasteiger partial charge >= 0.3 is 0 Å². The summed E-state index contributed by atoms with van der Waals surface area (Å²) in [6.07, 6.45) is 5.48. The Balaban J connectivity index is 1.51. The molecule has 0 fully saturated rings. The second-order valence-corrected chi connectivity index (χ2v) is 7.19. The largest absolute Gasteiger partial charge is 0.333 e. The van der Waals surface area contributed by atoms with Gasteiger partial charge in [0, 0.05) is 42.8 Å². The molecule has 2 N–H and O–H groups in total. The Kier molecular flexibility index (Phi) is 5.89. The van der Waals surface area contributed by atoms with E-state index in [1.54, 1.807) is 36.8 Å². The second kappa shape index (κ2) is 9.09. The molecule has 154 valence electrons. The van der Waals surface area contributed by atoms with E-state index in [9.17, 15) is 9.59 Å². The number of anilines is 2. The van der Waals surface area contributed by atoms with Gasteiger partial charge in [-0.05, 0) is 47.0 Å². The summed E-state index contributed by atoms with van der Waals surface area (Å²) >= 11 is 0. The van der Waals surface area contributed by atoms with Gasteiger partial charge in [0.15, 0.2) is 0 Å². The third kappa shape index (κ3) is 5.05. The van der Waals surface area contributed by atoms with Crippen molar-refractivity contribution in [1.29, 1.82) is 0 Å². The van der Waals surface area contributed by atoms with E-state index in [0.29, 0.717) is 16.9 Å². The first-order valence-corrected chi connectivity index (χ1v) is 9.91. The lowest BCUT2D eigenvalue weighted by Gasteiger charge is -2.12. The summed E-state index contributed by atoms with van der Waals surface area (Å²) in [6, 6.07) is 22.7. The molecule has 2 amide bonds. The summed E-state index contributed by atoms with van der Waals surface area (Å²) in [6.45, 7) is 2.20. The second-order valence-electron chi connectivity index (χ2n) is 7.19. The molecule has 3 aromatic carbocycles. The predicted molar refractivity (Wildman–Crippen MR) is 122 cm³/mol. The molecule has 0 saturated heterocycles. The Morgan fingerprint density at radius 3 is 2.19 bits per heavy atom. The lowest BCUT2D eigenvalue weighted by Crippen LogP contribution is -2.13. The number of benzene rings is 3. The van der Waals surface area contributed by atoms with Crippen LogP contribution in [-0.4, -0.2) is 21.4 Å². The normalized spacial score (nSPS) is 10.5. The SMILES string of the molecule is CC(=O)Nc1ccc(NC(=O)c2ccccc2-c2ccc(Cn3ccnc3)cc2)cc1. The molecule has 0 spiro atoms. The van der Waals surface area contributed by atoms with E-state index in [2.05, 4.69) is 27.8 Å². The number of hydrogen-bond acceptors (Lipinski definition) is 3. The summed E-state index contributed by atoms with van der Waals surface area (Å²) in [7, 11) is 0. The Morgan fingerprint density at radius 2 is 1.55 bits per heavy atom. The van der Waals surface area contributed by atoms with E-state index < -0.39 is 0 Å². The maximum atomic E-state index is 13.0. The van der Waals surface area contributed by atoms with Crippen molar-refractivity contribution in [1.82, 2.24) is 9.55 Å². The van der Waals surface area contributed by atoms with Gasteiger partial charge in [-0.3, -0.25) is 9.59 Å². The molecule has 0 unspecified atom stereocenters. The maximum Gasteiger partial charge on any atom is 0.256 e. The van der Waals surface area contributed by atoms with Crippen LogP contribution in [0.5, 0.6) is 0 Å². The maximum absolute atomic E-state index is 13.0. The minimum Gasteiger partial charge on any atom is -0.333 e. The third-order valence-corrected chi connectivity index (χ3v) is 4.82. The fourth-order valence-corrected chi connectivity index (χ4v) is 3.35. The number of hydrogen-bond donors (Lipinski definition) is 2. The van der Waals surface area contributed by atoms with Gasteiger partial charge < -0.3 is 15.2 Å². The quantitative estimate of drug-likeness (QED) is 0.479. The van der Waals surface area contributed by atoms with Crippen LogP contribution in [0.2, 0.25) is 0 Å². The lowest BCUT2D eigenvalue weighted by atomic mass is 9.98. The average Bonchev–Trinajstić information content (AvgIpc) is 3.28. The highest BCUT2D eigenvalue weighted by Gasteiger charge is 2.13. The summed E-state index contributed by atoms with van der Waals surface area (Å²) in [5, 5.41) is 5.64. The van der Waals surface area contributed by atoms with Gasteiger partial charge in [-0.2, -0.15) is 0 Å². The minimum absolute atomic E-state index is 0.137. The van der Waals surface area contributed by atoms with E-state index in [0.717, 1.165) is 23.2 Å². The van der Waals surface area contributed by atoms with Crippen LogP contribution < -0.4 is 10.6 Å². The third-order valence-electron chi connectivity index (χ3n) is 4.82. The molecule has 0 saturated carbocycles. The van der Waals surface area contributed by atoms with Crippen molar-refractivity contribution in [2.24, 2.45) is 0 Å². The van der Waals surface area contributed by atoms with Crippen molar-refractivity contribution in [3.05, 3.63) is 103 Å². The van der Waals surface area contributed by atoms with Crippen LogP contribution in [-0.2, 0) is 11.3 Å². The predicted octanol–water partition coefficient (Wildman–Crippen LogP) is 4.81. The van der Waals surface area contributed by atoms with Crippen LogP contribution in [0.1, 0.15) is 22.8 Å². The molecule has 6 nitrogen and oxygen atoms in total. The van der Waals surface area contributed by atoms with Crippen LogP contribution in [0.3, 0.4) is 0 Å². The van der Waals surface area contributed by atoms with E-state index in [1.807, 2.05) is 47.2 Å². The number of rotatable bonds is 6. The summed E-state index contributed by atoms with van der Waals surface area (Å²) in [5.41, 5.74) is 4.93. The number of amides is 2. The Morgan fingerprint density at radius 1 is 0.871 bits per heavy atom. The smallest absolute Gasteiger partial charge is 0.256 e. The molecule has 0 atom stereocenters. The number of aromatic nitrogens is 2. The van der Waals surface area contributed by atoms with Crippen molar-refractivity contribution in [3.63, 3.8) is 0 Å². The van der Waals surface area contributed by atoms with Gasteiger partial charge in [0.2, 0.25) is 5.91 Å². The van der Waals surface area contributed by atoms with Gasteiger partial charge in [0.1, 0.15) is 0 Å². The molecular weight excluding hydrogens is 388 g/mol. The number of imidazole rings is 1. The van der Waals surface area contributed by atoms with Crippen molar-refractivity contribution in [2.45, 2.75) is 13.5 Å². The van der Waals surface area contributed by atoms with Crippen molar-refractivity contribution < 1.29 is 9.59 Å². The number of carbonyl (C=O) groups excluding carboxylic acids is 2. The minimum atomic E-state index is -0.189. The first-order valence-electron chi connectivity index (χ1n) is 9.91. The molecule has 0 bridgehead atoms. The topological polar surface area (TPSA) is 76.0 Å². The van der Waals surface area contributed by atoms with E-state index in [1.165, 1.54) is 6.92 Å². The van der Waals surface area contributed by atoms with Gasteiger partial charge in [0.05, 0.1) is 6.33 Å². The van der Waals surface area contributed by atoms with Crippen LogP contribution >= 0.6 is 0 Å². The molecule has 4 rings (SSSR count). The Labute approximate surface area is 180 Å². The summed E-state index contributed by atoms with van der Waals surface area (Å²) in [5.74, 6) is -0.327. The molecular formula is C25H22N4O2. The monoisotopic (exact) mass is 410 g/mol. The molecule has 1 heterocycles. The molecule has 6 heteroatoms. The first-order chi connectivity index (χ1) is 15.1. The molecule has 31 heavy (non-hydrogen) atoms. The van der Waals surface area contributed by atoms with Crippen LogP contribution in [0.15, 0.2) is 91.5 Å². The summed E-state index contributed by atoms with van der Waals surface area (Å²) < 4.78 is 2.01. The highest BCUT2D eigenvalue weighted by atomic mass is 16.2. The van der Waals surface area contributed by atoms with Crippen LogP contribution in [0.25, 0.3) is 11.1 Å². The Hall–Kier alpha value is -4.19. The van der Waals surface area contributed by atoms with Gasteiger partial charge in [0.25, 0.3) is 5.91 Å². The lowest BCUT2D eigenvalue weighted by molar-refractivity contribution is -0.114. The van der Waals surface area contributed by atoms with Gasteiger partial charge in [-0.15, -0.1) is 0 Å². The average molecular weight is 410 g/mol. The Bertz CT molecular complexity index is 1180. The van der Waals surface area contributed by atoms with Gasteiger partial charge in [-0.25, -0.2) is 4.98 Å². The number of carbonyl (C=O) groups is 2. The molecule has 0 aliphatic rings. The van der Waals surface area contributed by atoms with E-state index >= 15 is 0 Å². The molecule has 0 aliphatic heterocycles. The molecule has 0 radical (unpaired) electrons. The zero-order valence-corrected chi connectivity index (χ0v) is 17.1. The van der Waals surface area contributed by atoms with E-state index in [4.69, 9.17) is 0 Å². The van der Waals surface area contributed by atoms with Crippen molar-refractivity contribution >= 4 is 23.2 Å². The van der Waals surface area contributed by atoms with Crippen LogP contribution in [0.4, 0.5) is 11.4 Å². The summed E-state index contributed by atoms with van der Waals surface area (Å²) in [4.78, 5) is 28.2. The fourth-order valence-electron chi connectivity index (χ4n) is 3.35. The number of nitrogens with one attached hydrogen (secondary N) is 2. The molecule has 0 aliphatic carbocycles. The van der Waals surface area contributed by atoms with Gasteiger partial charge in [-0.1, -0.05) is 42.5 Å². The standard InChI is InChI=1S/C25H22N4O2/c1-18(30)27-21-10-12-22(13-11-21)28-25(31)24-5-3-2-4-23(24)20-8-6-19(7-9-20)16-29-15-14-26-17-29/h2-15,17H,16H2,1H3,(H,27,30)(H,28,31). The van der Waals surface area contributed by atoms with Crippen molar-refractivity contribution in [2.75, 3.05) is 10.6 Å². The molecule has 1 aromatic heterocycles. The zero-order chi connectivity index (χ0) is 21.6. The van der Waals surface area contributed by atoms with Crippen LogP contribution in [0, 0.1) is 0 Å². The first kappa shape index (κ1) is 20.1. The fraction of sp³-hybridized carbons (Fsp3) is 0.0800. The zero-order valence-electron chi connectivity index (χ0n) is 17.1. The highest BCUT2D eigenvalue weighted by Crippen LogP contribution is 2.25. The molecule has 4 aromatic rings. The highest BCUT2D eigenvalue weighted by molar-refractivity contribution is 6.08. The van der Waals surface area contributed by atoms with E-state index in [-0.39, 0.29) is 11.8 Å². The van der Waals surface area contributed by atoms with Crippen molar-refractivity contribution in [3.8, 4) is 11.1 Å². The number of nitrogens with zero attached hydrogens (tertiary/aromatic N) is 2.